The zero-order valence-electron chi connectivity index (χ0n) is 36.3. The number of halogens is 1. The van der Waals surface area contributed by atoms with Crippen LogP contribution in [0.1, 0.15) is 85.6 Å². The summed E-state index contributed by atoms with van der Waals surface area (Å²) < 4.78 is 7.29. The largest absolute Gasteiger partial charge is 0.478 e. The van der Waals surface area contributed by atoms with E-state index in [1.54, 1.807) is 29.0 Å². The number of piperidine rings is 3. The van der Waals surface area contributed by atoms with Crippen molar-refractivity contribution in [3.63, 3.8) is 0 Å². The van der Waals surface area contributed by atoms with Crippen LogP contribution in [0.2, 0.25) is 5.02 Å². The lowest BCUT2D eigenvalue weighted by atomic mass is 9.77. The summed E-state index contributed by atoms with van der Waals surface area (Å²) in [4.78, 5) is 93.6. The van der Waals surface area contributed by atoms with E-state index in [-0.39, 0.29) is 48.1 Å². The van der Waals surface area contributed by atoms with Gasteiger partial charge in [-0.1, -0.05) is 11.6 Å². The Bertz CT molecular complexity index is 2600. The van der Waals surface area contributed by atoms with Gasteiger partial charge < -0.3 is 34.6 Å². The number of aromatic nitrogens is 3. The number of carbonyl (C=O) groups is 5. The number of amides is 5. The highest BCUT2D eigenvalue weighted by Crippen LogP contribution is 2.42. The first kappa shape index (κ1) is 43.2. The van der Waals surface area contributed by atoms with Crippen LogP contribution in [0, 0.1) is 11.3 Å². The minimum absolute atomic E-state index is 0.0893. The molecule has 4 aromatic rings. The smallest absolute Gasteiger partial charge is 0.293 e. The van der Waals surface area contributed by atoms with Crippen LogP contribution in [-0.2, 0) is 14.4 Å². The molecular weight excluding hydrogens is 840 g/mol. The Morgan fingerprint density at radius 2 is 1.67 bits per heavy atom. The zero-order chi connectivity index (χ0) is 44.9. The molecule has 2 aromatic carbocycles. The van der Waals surface area contributed by atoms with E-state index in [0.29, 0.717) is 33.8 Å². The third-order valence-electron chi connectivity index (χ3n) is 13.7. The van der Waals surface area contributed by atoms with Gasteiger partial charge in [0.1, 0.15) is 11.1 Å². The Balaban J connectivity index is 0.780. The van der Waals surface area contributed by atoms with E-state index in [9.17, 15) is 28.8 Å². The number of nitrogens with zero attached hydrogens (tertiary/aromatic N) is 7. The van der Waals surface area contributed by atoms with Crippen molar-refractivity contribution in [2.75, 3.05) is 74.6 Å². The summed E-state index contributed by atoms with van der Waals surface area (Å²) in [6, 6.07) is 11.6. The highest BCUT2D eigenvalue weighted by Gasteiger charge is 2.45. The number of fused-ring (bicyclic) bond motifs is 2. The van der Waals surface area contributed by atoms with Gasteiger partial charge in [0.05, 0.1) is 22.8 Å². The average Bonchev–Trinajstić information content (AvgIpc) is 3.81. The molecular formula is C46H53ClN10O7. The molecule has 18 heteroatoms. The van der Waals surface area contributed by atoms with Crippen LogP contribution in [0.15, 0.2) is 53.5 Å². The lowest BCUT2D eigenvalue weighted by Gasteiger charge is -2.42. The molecule has 17 nitrogen and oxygen atoms in total. The van der Waals surface area contributed by atoms with E-state index in [1.165, 1.54) is 7.05 Å². The molecule has 4 fully saturated rings. The summed E-state index contributed by atoms with van der Waals surface area (Å²) in [5.41, 5.74) is 2.85. The number of nitrogens with one attached hydrogen (secondary N) is 3. The Morgan fingerprint density at radius 3 is 2.41 bits per heavy atom. The van der Waals surface area contributed by atoms with Crippen molar-refractivity contribution >= 4 is 75.2 Å². The first-order chi connectivity index (χ1) is 30.8. The maximum atomic E-state index is 13.4. The molecule has 336 valence electrons. The molecule has 9 rings (SSSR count). The van der Waals surface area contributed by atoms with Crippen LogP contribution < -0.4 is 36.0 Å². The Hall–Kier alpha value is -6.07. The summed E-state index contributed by atoms with van der Waals surface area (Å²) in [5, 5.41) is 9.27. The number of hydrogen-bond donors (Lipinski definition) is 3. The second-order valence-corrected chi connectivity index (χ2v) is 18.5. The summed E-state index contributed by atoms with van der Waals surface area (Å²) in [6.45, 7) is 10.2. The minimum atomic E-state index is -0.976. The molecule has 7 heterocycles. The molecule has 4 saturated heterocycles. The molecule has 1 unspecified atom stereocenters. The molecule has 0 bridgehead atoms. The minimum Gasteiger partial charge on any atom is -0.478 e. The molecule has 0 radical (unpaired) electrons. The van der Waals surface area contributed by atoms with Crippen molar-refractivity contribution in [1.82, 2.24) is 35.0 Å². The number of pyridine rings is 1. The molecule has 0 aliphatic carbocycles. The summed E-state index contributed by atoms with van der Waals surface area (Å²) in [5.74, 6) is -0.537. The van der Waals surface area contributed by atoms with Crippen molar-refractivity contribution in [2.45, 2.75) is 70.9 Å². The fourth-order valence-corrected chi connectivity index (χ4v) is 10.2. The number of benzene rings is 2. The number of likely N-dealkylation sites (N-methyl/N-ethyl adjacent to an activating group) is 1. The molecule has 64 heavy (non-hydrogen) atoms. The van der Waals surface area contributed by atoms with Crippen LogP contribution in [0.5, 0.6) is 5.75 Å². The highest BCUT2D eigenvalue weighted by atomic mass is 35.5. The predicted octanol–water partition coefficient (Wildman–Crippen LogP) is 4.50. The second kappa shape index (κ2) is 17.5. The predicted molar refractivity (Wildman–Crippen MR) is 241 cm³/mol. The fourth-order valence-electron chi connectivity index (χ4n) is 10.1. The lowest BCUT2D eigenvalue weighted by molar-refractivity contribution is -0.136. The first-order valence-corrected chi connectivity index (χ1v) is 22.6. The number of rotatable bonds is 11. The van der Waals surface area contributed by atoms with E-state index in [4.69, 9.17) is 21.3 Å². The Kier molecular flexibility index (Phi) is 11.8. The van der Waals surface area contributed by atoms with Gasteiger partial charge in [-0.3, -0.25) is 39.0 Å². The number of imide groups is 2. The first-order valence-electron chi connectivity index (χ1n) is 22.2. The second-order valence-electron chi connectivity index (χ2n) is 18.1. The lowest BCUT2D eigenvalue weighted by Crippen LogP contribution is -2.54. The van der Waals surface area contributed by atoms with Crippen LogP contribution in [-0.4, -0.2) is 119 Å². The van der Waals surface area contributed by atoms with Crippen molar-refractivity contribution in [3.05, 3.63) is 75.2 Å². The fraction of sp³-hybridized carbons (Fsp3) is 0.478. The summed E-state index contributed by atoms with van der Waals surface area (Å²) >= 11 is 6.65. The van der Waals surface area contributed by atoms with E-state index in [0.717, 1.165) is 105 Å². The van der Waals surface area contributed by atoms with E-state index >= 15 is 0 Å². The number of likely N-dealkylation sites (tertiary alicyclic amines) is 1. The molecule has 1 atom stereocenters. The number of anilines is 4. The van der Waals surface area contributed by atoms with Gasteiger partial charge in [0.2, 0.25) is 17.8 Å². The van der Waals surface area contributed by atoms with Crippen molar-refractivity contribution in [2.24, 2.45) is 11.3 Å². The third-order valence-corrected chi connectivity index (χ3v) is 14.0. The Labute approximate surface area is 375 Å². The summed E-state index contributed by atoms with van der Waals surface area (Å²) in [7, 11) is 1.52. The van der Waals surface area contributed by atoms with Gasteiger partial charge in [-0.2, -0.15) is 4.98 Å². The van der Waals surface area contributed by atoms with Gasteiger partial charge in [0.15, 0.2) is 18.2 Å². The van der Waals surface area contributed by atoms with E-state index in [2.05, 4.69) is 35.6 Å². The maximum Gasteiger partial charge on any atom is 0.293 e. The van der Waals surface area contributed by atoms with E-state index in [1.807, 2.05) is 38.1 Å². The molecule has 0 saturated carbocycles. The normalized spacial score (nSPS) is 20.4. The van der Waals surface area contributed by atoms with Crippen molar-refractivity contribution < 1.29 is 28.7 Å². The van der Waals surface area contributed by atoms with Crippen LogP contribution in [0.25, 0.3) is 10.9 Å². The van der Waals surface area contributed by atoms with Crippen LogP contribution in [0.3, 0.4) is 0 Å². The van der Waals surface area contributed by atoms with Gasteiger partial charge in [-0.05, 0) is 119 Å². The molecule has 3 N–H and O–H groups in total. The van der Waals surface area contributed by atoms with Crippen molar-refractivity contribution in [1.29, 1.82) is 0 Å². The molecule has 5 amide bonds. The molecule has 2 aromatic heterocycles. The van der Waals surface area contributed by atoms with Gasteiger partial charge in [-0.25, -0.2) is 4.98 Å². The topological polar surface area (TPSA) is 191 Å². The maximum absolute atomic E-state index is 13.4. The van der Waals surface area contributed by atoms with Crippen molar-refractivity contribution in [3.8, 4) is 5.75 Å². The van der Waals surface area contributed by atoms with Gasteiger partial charge >= 0.3 is 0 Å². The zero-order valence-corrected chi connectivity index (χ0v) is 37.1. The molecule has 5 aliphatic heterocycles. The SMILES string of the molecule is CNC(=O)COc1cc2cc(Nc3nc(N4CCC5(CCN(CC6CCN(c7ccc8c(c7)C(=O)N(C7CCC(=O)NC7=O)C8=O)CC6)CC5)C4)ncc3Cl)ccc2n(C(C)C)c1=O. The van der Waals surface area contributed by atoms with E-state index < -0.39 is 29.7 Å². The van der Waals surface area contributed by atoms with Crippen LogP contribution >= 0.6 is 11.6 Å². The van der Waals surface area contributed by atoms with Gasteiger partial charge in [0.25, 0.3) is 23.3 Å². The van der Waals surface area contributed by atoms with Crippen LogP contribution in [0.4, 0.5) is 23.1 Å². The number of ether oxygens (including phenoxy) is 1. The third kappa shape index (κ3) is 8.38. The average molecular weight is 893 g/mol. The molecule has 1 spiro atoms. The number of hydrogen-bond acceptors (Lipinski definition) is 13. The quantitative estimate of drug-likeness (QED) is 0.179. The monoisotopic (exact) mass is 892 g/mol. The van der Waals surface area contributed by atoms with Gasteiger partial charge in [0, 0.05) is 69.0 Å². The molecule has 5 aliphatic rings. The number of carbonyl (C=O) groups excluding carboxylic acids is 5. The highest BCUT2D eigenvalue weighted by molar-refractivity contribution is 6.33. The summed E-state index contributed by atoms with van der Waals surface area (Å²) in [6.07, 6.45) is 7.19. The van der Waals surface area contributed by atoms with Gasteiger partial charge in [-0.15, -0.1) is 0 Å². The standard InChI is InChI=1S/C46H53ClN10O7/c1-27(2)56-35-7-4-30(20-29(35)21-37(44(56)63)64-25-39(59)48-3)50-40-34(47)23-49-45(52-40)55-19-14-46(26-55)12-17-53(18-13-46)24-28-10-15-54(16-11-28)31-5-6-32-33(22-31)43(62)57(42(32)61)36-8-9-38(58)51-41(36)60/h4-7,20-23,27-28,36H,8-19,24-26H2,1-3H3,(H,48,59)(H,49,50,52)(H,51,58,60). The Morgan fingerprint density at radius 1 is 0.922 bits per heavy atom.